The molecule has 5 heteroatoms. The molecular weight excluding hydrogens is 197 g/mol. The van der Waals surface area contributed by atoms with Gasteiger partial charge in [0.15, 0.2) is 11.6 Å². The molecule has 2 bridgehead atoms. The summed E-state index contributed by atoms with van der Waals surface area (Å²) in [7, 11) is 1.66. The van der Waals surface area contributed by atoms with E-state index in [2.05, 4.69) is 5.10 Å². The van der Waals surface area contributed by atoms with E-state index in [-0.39, 0.29) is 23.7 Å². The van der Waals surface area contributed by atoms with Crippen molar-refractivity contribution < 1.29 is 9.13 Å². The molecule has 1 aromatic rings. The van der Waals surface area contributed by atoms with Crippen LogP contribution in [0.1, 0.15) is 30.9 Å². The number of halogens is 1. The van der Waals surface area contributed by atoms with Crippen molar-refractivity contribution in [3.05, 3.63) is 11.5 Å². The van der Waals surface area contributed by atoms with Crippen molar-refractivity contribution in [3.63, 3.8) is 0 Å². The summed E-state index contributed by atoms with van der Waals surface area (Å²) in [5, 5.41) is 4.15. The van der Waals surface area contributed by atoms with Crippen LogP contribution in [-0.2, 0) is 11.8 Å². The summed E-state index contributed by atoms with van der Waals surface area (Å²) < 4.78 is 20.8. The third kappa shape index (κ3) is 1.19. The zero-order valence-electron chi connectivity index (χ0n) is 8.61. The second kappa shape index (κ2) is 2.95. The zero-order valence-corrected chi connectivity index (χ0v) is 8.61. The lowest BCUT2D eigenvalue weighted by Gasteiger charge is -2.15. The second-order valence-corrected chi connectivity index (χ2v) is 4.42. The maximum atomic E-state index is 13.7. The fraction of sp³-hybridized carbons (Fsp3) is 0.700. The Morgan fingerprint density at radius 1 is 1.53 bits per heavy atom. The number of anilines is 1. The van der Waals surface area contributed by atoms with Crippen LogP contribution in [0.15, 0.2) is 0 Å². The molecule has 3 atom stereocenters. The highest BCUT2D eigenvalue weighted by Gasteiger charge is 2.44. The number of nitrogens with zero attached hydrogens (tertiary/aromatic N) is 2. The van der Waals surface area contributed by atoms with E-state index in [4.69, 9.17) is 10.5 Å². The van der Waals surface area contributed by atoms with Gasteiger partial charge in [0.25, 0.3) is 0 Å². The number of aromatic nitrogens is 2. The van der Waals surface area contributed by atoms with E-state index in [1.54, 1.807) is 7.05 Å². The highest BCUT2D eigenvalue weighted by Crippen LogP contribution is 2.45. The number of rotatable bonds is 1. The molecule has 3 heterocycles. The van der Waals surface area contributed by atoms with Gasteiger partial charge in [-0.25, -0.2) is 4.39 Å². The van der Waals surface area contributed by atoms with Gasteiger partial charge >= 0.3 is 0 Å². The molecule has 0 radical (unpaired) electrons. The number of fused-ring (bicyclic) bond motifs is 2. The van der Waals surface area contributed by atoms with Crippen LogP contribution in [0.3, 0.4) is 0 Å². The third-order valence-electron chi connectivity index (χ3n) is 3.51. The van der Waals surface area contributed by atoms with Crippen molar-refractivity contribution in [2.24, 2.45) is 7.05 Å². The normalized spacial score (nSPS) is 33.9. The lowest BCUT2D eigenvalue weighted by atomic mass is 9.87. The Morgan fingerprint density at radius 3 is 2.80 bits per heavy atom. The van der Waals surface area contributed by atoms with Gasteiger partial charge in [0, 0.05) is 13.0 Å². The van der Waals surface area contributed by atoms with Gasteiger partial charge in [-0.3, -0.25) is 4.68 Å². The van der Waals surface area contributed by atoms with Gasteiger partial charge < -0.3 is 10.5 Å². The van der Waals surface area contributed by atoms with Crippen molar-refractivity contribution in [2.75, 3.05) is 5.73 Å². The molecule has 2 aliphatic heterocycles. The fourth-order valence-electron chi connectivity index (χ4n) is 2.70. The van der Waals surface area contributed by atoms with E-state index in [0.717, 1.165) is 19.3 Å². The van der Waals surface area contributed by atoms with E-state index < -0.39 is 0 Å². The monoisotopic (exact) mass is 211 g/mol. The molecule has 1 unspecified atom stereocenters. The Morgan fingerprint density at radius 2 is 2.33 bits per heavy atom. The summed E-state index contributed by atoms with van der Waals surface area (Å²) in [5.74, 6) is -0.140. The first-order chi connectivity index (χ1) is 7.16. The molecule has 0 saturated carbocycles. The van der Waals surface area contributed by atoms with Gasteiger partial charge in [-0.1, -0.05) is 0 Å². The van der Waals surface area contributed by atoms with Gasteiger partial charge in [-0.2, -0.15) is 5.10 Å². The molecule has 0 aliphatic carbocycles. The molecule has 0 spiro atoms. The first kappa shape index (κ1) is 9.15. The molecule has 4 nitrogen and oxygen atoms in total. The van der Waals surface area contributed by atoms with Crippen molar-refractivity contribution >= 4 is 5.82 Å². The number of hydrogen-bond acceptors (Lipinski definition) is 3. The first-order valence-corrected chi connectivity index (χ1v) is 5.30. The van der Waals surface area contributed by atoms with Crippen LogP contribution in [0.2, 0.25) is 0 Å². The van der Waals surface area contributed by atoms with Crippen LogP contribution < -0.4 is 5.73 Å². The Bertz CT molecular complexity index is 404. The van der Waals surface area contributed by atoms with Crippen molar-refractivity contribution in [1.82, 2.24) is 9.78 Å². The minimum atomic E-state index is -0.362. The number of nitrogens with two attached hydrogens (primary N) is 1. The Balaban J connectivity index is 1.96. The summed E-state index contributed by atoms with van der Waals surface area (Å²) in [6.07, 6.45) is 3.47. The standard InChI is InChI=1S/C10H14FN3O/c1-14-10(12)8(11)9(13-14)6-4-5-2-3-7(6)15-5/h5-7H,2-4,12H2,1H3/t5-,6?,7+/m0/s1. The van der Waals surface area contributed by atoms with E-state index in [1.165, 1.54) is 4.68 Å². The van der Waals surface area contributed by atoms with E-state index in [1.807, 2.05) is 0 Å². The van der Waals surface area contributed by atoms with Crippen LogP contribution in [0, 0.1) is 5.82 Å². The van der Waals surface area contributed by atoms with Crippen molar-refractivity contribution in [1.29, 1.82) is 0 Å². The number of ether oxygens (including phenoxy) is 1. The molecule has 0 amide bonds. The van der Waals surface area contributed by atoms with Crippen molar-refractivity contribution in [3.8, 4) is 0 Å². The highest BCUT2D eigenvalue weighted by atomic mass is 19.1. The third-order valence-corrected chi connectivity index (χ3v) is 3.51. The van der Waals surface area contributed by atoms with Crippen LogP contribution in [-0.4, -0.2) is 22.0 Å². The predicted octanol–water partition coefficient (Wildman–Crippen LogP) is 1.18. The lowest BCUT2D eigenvalue weighted by Crippen LogP contribution is -2.16. The van der Waals surface area contributed by atoms with E-state index in [0.29, 0.717) is 11.8 Å². The summed E-state index contributed by atoms with van der Waals surface area (Å²) in [6, 6.07) is 0. The largest absolute Gasteiger partial charge is 0.381 e. The van der Waals surface area contributed by atoms with Gasteiger partial charge in [-0.15, -0.1) is 0 Å². The molecule has 2 fully saturated rings. The van der Waals surface area contributed by atoms with Crippen LogP contribution >= 0.6 is 0 Å². The predicted molar refractivity (Wildman–Crippen MR) is 52.8 cm³/mol. The highest BCUT2D eigenvalue weighted by molar-refractivity contribution is 5.36. The molecule has 0 aromatic carbocycles. The molecular formula is C10H14FN3O. The number of aryl methyl sites for hydroxylation is 1. The smallest absolute Gasteiger partial charge is 0.188 e. The van der Waals surface area contributed by atoms with Gasteiger partial charge in [-0.05, 0) is 19.3 Å². The Kier molecular flexibility index (Phi) is 1.80. The fourth-order valence-corrected chi connectivity index (χ4v) is 2.70. The summed E-state index contributed by atoms with van der Waals surface area (Å²) >= 11 is 0. The first-order valence-electron chi connectivity index (χ1n) is 5.30. The van der Waals surface area contributed by atoms with E-state index >= 15 is 0 Å². The van der Waals surface area contributed by atoms with Crippen molar-refractivity contribution in [2.45, 2.75) is 37.4 Å². The second-order valence-electron chi connectivity index (χ2n) is 4.42. The quantitative estimate of drug-likeness (QED) is 0.758. The molecule has 1 aromatic heterocycles. The zero-order chi connectivity index (χ0) is 10.6. The number of nitrogen functional groups attached to an aromatic ring is 1. The summed E-state index contributed by atoms with van der Waals surface area (Å²) in [6.45, 7) is 0. The average molecular weight is 211 g/mol. The number of hydrogen-bond donors (Lipinski definition) is 1. The van der Waals surface area contributed by atoms with Crippen LogP contribution in [0.5, 0.6) is 0 Å². The molecule has 15 heavy (non-hydrogen) atoms. The molecule has 82 valence electrons. The van der Waals surface area contributed by atoms with Gasteiger partial charge in [0.1, 0.15) is 5.69 Å². The summed E-state index contributed by atoms with van der Waals surface area (Å²) in [4.78, 5) is 0. The average Bonchev–Trinajstić information content (AvgIpc) is 2.89. The molecule has 2 N–H and O–H groups in total. The summed E-state index contributed by atoms with van der Waals surface area (Å²) in [5.41, 5.74) is 6.04. The molecule has 2 saturated heterocycles. The topological polar surface area (TPSA) is 53.1 Å². The Hall–Kier alpha value is -1.10. The SMILES string of the molecule is Cn1nc(C2C[C@@H]3CC[C@H]2O3)c(F)c1N. The maximum Gasteiger partial charge on any atom is 0.188 e. The minimum absolute atomic E-state index is 0.104. The van der Waals surface area contributed by atoms with Gasteiger partial charge in [0.05, 0.1) is 12.2 Å². The lowest BCUT2D eigenvalue weighted by molar-refractivity contribution is 0.0999. The van der Waals surface area contributed by atoms with Crippen LogP contribution in [0.25, 0.3) is 0 Å². The maximum absolute atomic E-state index is 13.7. The molecule has 2 aliphatic rings. The van der Waals surface area contributed by atoms with Gasteiger partial charge in [0.2, 0.25) is 0 Å². The molecule has 3 rings (SSSR count). The Labute approximate surface area is 87.2 Å². The van der Waals surface area contributed by atoms with E-state index in [9.17, 15) is 4.39 Å². The minimum Gasteiger partial charge on any atom is -0.381 e. The van der Waals surface area contributed by atoms with Crippen LogP contribution in [0.4, 0.5) is 10.2 Å².